The number of methoxy groups -OCH3 is 1. The summed E-state index contributed by atoms with van der Waals surface area (Å²) in [5.41, 5.74) is 7.89. The Labute approximate surface area is 132 Å². The van der Waals surface area contributed by atoms with Crippen molar-refractivity contribution < 1.29 is 4.74 Å². The van der Waals surface area contributed by atoms with E-state index in [9.17, 15) is 0 Å². The van der Waals surface area contributed by atoms with Crippen molar-refractivity contribution in [3.63, 3.8) is 0 Å². The summed E-state index contributed by atoms with van der Waals surface area (Å²) in [6, 6.07) is 7.71. The molecule has 0 aliphatic carbocycles. The van der Waals surface area contributed by atoms with Gasteiger partial charge in [0.2, 0.25) is 0 Å². The molecule has 0 unspecified atom stereocenters. The second kappa shape index (κ2) is 6.39. The van der Waals surface area contributed by atoms with Gasteiger partial charge >= 0.3 is 0 Å². The number of anilines is 1. The molecule has 0 aliphatic heterocycles. The molecule has 2 rings (SSSR count). The van der Waals surface area contributed by atoms with Gasteiger partial charge in [-0.05, 0) is 47.1 Å². The third-order valence-electron chi connectivity index (χ3n) is 2.89. The summed E-state index contributed by atoms with van der Waals surface area (Å²) < 4.78 is 6.31. The van der Waals surface area contributed by atoms with Gasteiger partial charge in [0.25, 0.3) is 0 Å². The minimum Gasteiger partial charge on any atom is -0.496 e. The van der Waals surface area contributed by atoms with Crippen LogP contribution in [0.5, 0.6) is 5.75 Å². The number of nitrogens with two attached hydrogens (primary N) is 1. The van der Waals surface area contributed by atoms with E-state index in [1.54, 1.807) is 7.11 Å². The molecule has 20 heavy (non-hydrogen) atoms. The molecule has 2 aromatic rings. The number of hydrogen-bond acceptors (Lipinski definition) is 4. The fourth-order valence-corrected chi connectivity index (χ4v) is 2.45. The second-order valence-electron chi connectivity index (χ2n) is 4.99. The zero-order chi connectivity index (χ0) is 14.7. The van der Waals surface area contributed by atoms with Crippen LogP contribution in [0.25, 0.3) is 11.4 Å². The summed E-state index contributed by atoms with van der Waals surface area (Å²) in [4.78, 5) is 9.07. The predicted molar refractivity (Wildman–Crippen MR) is 89.7 cm³/mol. The van der Waals surface area contributed by atoms with Crippen LogP contribution in [0.15, 0.2) is 24.3 Å². The number of rotatable bonds is 4. The lowest BCUT2D eigenvalue weighted by Crippen LogP contribution is -2.08. The van der Waals surface area contributed by atoms with Gasteiger partial charge in [-0.25, -0.2) is 9.97 Å². The van der Waals surface area contributed by atoms with E-state index < -0.39 is 0 Å². The molecule has 1 aromatic carbocycles. The molecular formula is C15H18IN3O. The Morgan fingerprint density at radius 2 is 1.95 bits per heavy atom. The van der Waals surface area contributed by atoms with E-state index in [0.717, 1.165) is 27.0 Å². The first-order chi connectivity index (χ1) is 9.52. The number of ether oxygens (including phenoxy) is 1. The van der Waals surface area contributed by atoms with Crippen molar-refractivity contribution in [3.8, 4) is 17.1 Å². The molecule has 0 bridgehead atoms. The van der Waals surface area contributed by atoms with Gasteiger partial charge in [-0.3, -0.25) is 0 Å². The van der Waals surface area contributed by atoms with Gasteiger partial charge in [-0.15, -0.1) is 0 Å². The summed E-state index contributed by atoms with van der Waals surface area (Å²) in [5, 5.41) is 0. The first-order valence-electron chi connectivity index (χ1n) is 6.48. The lowest BCUT2D eigenvalue weighted by atomic mass is 10.1. The van der Waals surface area contributed by atoms with Crippen LogP contribution in [-0.4, -0.2) is 17.1 Å². The van der Waals surface area contributed by atoms with Crippen LogP contribution < -0.4 is 10.5 Å². The lowest BCUT2D eigenvalue weighted by molar-refractivity contribution is 0.416. The maximum absolute atomic E-state index is 6.03. The highest BCUT2D eigenvalue weighted by molar-refractivity contribution is 14.1. The van der Waals surface area contributed by atoms with E-state index in [-0.39, 0.29) is 0 Å². The Morgan fingerprint density at radius 3 is 2.60 bits per heavy atom. The zero-order valence-corrected chi connectivity index (χ0v) is 14.0. The van der Waals surface area contributed by atoms with E-state index in [4.69, 9.17) is 10.5 Å². The van der Waals surface area contributed by atoms with Gasteiger partial charge in [0, 0.05) is 0 Å². The maximum atomic E-state index is 6.03. The van der Waals surface area contributed by atoms with Gasteiger partial charge in [0.05, 0.1) is 21.9 Å². The average molecular weight is 383 g/mol. The highest BCUT2D eigenvalue weighted by Gasteiger charge is 2.15. The van der Waals surface area contributed by atoms with E-state index >= 15 is 0 Å². The van der Waals surface area contributed by atoms with E-state index in [1.165, 1.54) is 0 Å². The number of benzene rings is 1. The molecule has 0 atom stereocenters. The van der Waals surface area contributed by atoms with Crippen molar-refractivity contribution in [2.24, 2.45) is 5.92 Å². The van der Waals surface area contributed by atoms with E-state index in [2.05, 4.69) is 46.4 Å². The van der Waals surface area contributed by atoms with E-state index in [0.29, 0.717) is 17.6 Å². The van der Waals surface area contributed by atoms with Crippen molar-refractivity contribution in [2.45, 2.75) is 20.3 Å². The van der Waals surface area contributed by atoms with Gasteiger partial charge in [0.15, 0.2) is 5.82 Å². The molecule has 1 heterocycles. The smallest absolute Gasteiger partial charge is 0.165 e. The SMILES string of the molecule is COc1ccccc1-c1nc(N)c(I)c(CC(C)C)n1. The number of nitrogen functional groups attached to an aromatic ring is 1. The molecule has 0 spiro atoms. The molecule has 5 heteroatoms. The minimum absolute atomic E-state index is 0.517. The minimum atomic E-state index is 0.517. The van der Waals surface area contributed by atoms with Gasteiger partial charge < -0.3 is 10.5 Å². The Bertz CT molecular complexity index is 614. The molecule has 0 saturated carbocycles. The summed E-state index contributed by atoms with van der Waals surface area (Å²) in [5.74, 6) is 2.42. The van der Waals surface area contributed by atoms with Crippen LogP contribution in [0.1, 0.15) is 19.5 Å². The fraction of sp³-hybridized carbons (Fsp3) is 0.333. The Morgan fingerprint density at radius 1 is 1.25 bits per heavy atom. The number of para-hydroxylation sites is 1. The first-order valence-corrected chi connectivity index (χ1v) is 7.56. The van der Waals surface area contributed by atoms with E-state index in [1.807, 2.05) is 24.3 Å². The Balaban J connectivity index is 2.54. The zero-order valence-electron chi connectivity index (χ0n) is 11.9. The van der Waals surface area contributed by atoms with Crippen LogP contribution in [0.3, 0.4) is 0 Å². The van der Waals surface area contributed by atoms with Crippen molar-refractivity contribution >= 4 is 28.4 Å². The number of aromatic nitrogens is 2. The van der Waals surface area contributed by atoms with Crippen LogP contribution in [0.4, 0.5) is 5.82 Å². The van der Waals surface area contributed by atoms with Crippen molar-refractivity contribution in [1.82, 2.24) is 9.97 Å². The summed E-state index contributed by atoms with van der Waals surface area (Å²) in [6.07, 6.45) is 0.882. The number of nitrogens with zero attached hydrogens (tertiary/aromatic N) is 2. The quantitative estimate of drug-likeness (QED) is 0.821. The highest BCUT2D eigenvalue weighted by atomic mass is 127. The number of hydrogen-bond donors (Lipinski definition) is 1. The van der Waals surface area contributed by atoms with Crippen molar-refractivity contribution in [3.05, 3.63) is 33.5 Å². The molecule has 1 aromatic heterocycles. The Hall–Kier alpha value is -1.37. The van der Waals surface area contributed by atoms with Crippen LogP contribution in [-0.2, 0) is 6.42 Å². The molecule has 0 radical (unpaired) electrons. The normalized spacial score (nSPS) is 10.8. The lowest BCUT2D eigenvalue weighted by Gasteiger charge is -2.12. The highest BCUT2D eigenvalue weighted by Crippen LogP contribution is 2.29. The van der Waals surface area contributed by atoms with Gasteiger partial charge in [-0.1, -0.05) is 26.0 Å². The predicted octanol–water partition coefficient (Wildman–Crippen LogP) is 3.54. The fourth-order valence-electron chi connectivity index (χ4n) is 1.98. The summed E-state index contributed by atoms with van der Waals surface area (Å²) in [6.45, 7) is 4.33. The molecule has 4 nitrogen and oxygen atoms in total. The summed E-state index contributed by atoms with van der Waals surface area (Å²) in [7, 11) is 1.64. The maximum Gasteiger partial charge on any atom is 0.165 e. The topological polar surface area (TPSA) is 61.0 Å². The molecule has 0 fully saturated rings. The molecule has 0 saturated heterocycles. The second-order valence-corrected chi connectivity index (χ2v) is 6.07. The van der Waals surface area contributed by atoms with Crippen molar-refractivity contribution in [2.75, 3.05) is 12.8 Å². The average Bonchev–Trinajstić information content (AvgIpc) is 2.43. The van der Waals surface area contributed by atoms with Crippen LogP contribution in [0.2, 0.25) is 0 Å². The monoisotopic (exact) mass is 383 g/mol. The molecule has 2 N–H and O–H groups in total. The first kappa shape index (κ1) is 15.0. The standard InChI is InChI=1S/C15H18IN3O/c1-9(2)8-11-13(16)14(17)19-15(18-11)10-6-4-5-7-12(10)20-3/h4-7,9H,8H2,1-3H3,(H2,17,18,19). The van der Waals surface area contributed by atoms with Gasteiger partial charge in [-0.2, -0.15) is 0 Å². The largest absolute Gasteiger partial charge is 0.496 e. The molecule has 0 amide bonds. The Kier molecular flexibility index (Phi) is 4.80. The number of halogens is 1. The van der Waals surface area contributed by atoms with Crippen LogP contribution >= 0.6 is 22.6 Å². The summed E-state index contributed by atoms with van der Waals surface area (Å²) >= 11 is 2.21. The molecule has 0 aliphatic rings. The third-order valence-corrected chi connectivity index (χ3v) is 4.07. The molecule has 106 valence electrons. The van der Waals surface area contributed by atoms with Crippen molar-refractivity contribution in [1.29, 1.82) is 0 Å². The molecular weight excluding hydrogens is 365 g/mol. The van der Waals surface area contributed by atoms with Crippen LogP contribution in [0, 0.1) is 9.49 Å². The van der Waals surface area contributed by atoms with Gasteiger partial charge in [0.1, 0.15) is 11.6 Å². The third kappa shape index (κ3) is 3.20.